The van der Waals surface area contributed by atoms with Crippen LogP contribution in [0.1, 0.15) is 29.1 Å². The Labute approximate surface area is 174 Å². The number of nitrogens with one attached hydrogen (secondary N) is 1. The molecule has 28 heavy (non-hydrogen) atoms. The number of hydrogen-bond acceptors (Lipinski definition) is 4. The average molecular weight is 414 g/mol. The lowest BCUT2D eigenvalue weighted by molar-refractivity contribution is 0.209. The number of thiocarbonyl (C=S) groups is 1. The summed E-state index contributed by atoms with van der Waals surface area (Å²) in [4.78, 5) is 6.43. The molecule has 1 aliphatic heterocycles. The third-order valence-electron chi connectivity index (χ3n) is 4.92. The van der Waals surface area contributed by atoms with Crippen LogP contribution in [0.3, 0.4) is 0 Å². The summed E-state index contributed by atoms with van der Waals surface area (Å²) < 4.78 is 6.26. The summed E-state index contributed by atoms with van der Waals surface area (Å²) in [7, 11) is 0. The monoisotopic (exact) mass is 413 g/mol. The second-order valence-corrected chi connectivity index (χ2v) is 7.53. The molecule has 0 bridgehead atoms. The van der Waals surface area contributed by atoms with E-state index in [1.165, 1.54) is 0 Å². The van der Waals surface area contributed by atoms with Gasteiger partial charge in [0.15, 0.2) is 5.11 Å². The first-order valence-corrected chi connectivity index (χ1v) is 9.82. The summed E-state index contributed by atoms with van der Waals surface area (Å²) in [6.07, 6.45) is 1.76. The second-order valence-electron chi connectivity index (χ2n) is 6.70. The molecule has 0 spiro atoms. The van der Waals surface area contributed by atoms with Gasteiger partial charge in [-0.15, -0.1) is 0 Å². The molecule has 3 aromatic rings. The topological polar surface area (TPSA) is 61.5 Å². The molecule has 2 atom stereocenters. The Morgan fingerprint density at radius 3 is 2.86 bits per heavy atom. The van der Waals surface area contributed by atoms with Crippen molar-refractivity contribution in [2.24, 2.45) is 0 Å². The van der Waals surface area contributed by atoms with E-state index in [4.69, 9.17) is 28.2 Å². The Morgan fingerprint density at radius 1 is 1.25 bits per heavy atom. The summed E-state index contributed by atoms with van der Waals surface area (Å²) in [5, 5.41) is 14.1. The zero-order chi connectivity index (χ0) is 19.7. The number of aromatic nitrogens is 1. The Morgan fingerprint density at radius 2 is 2.11 bits per heavy atom. The molecule has 0 unspecified atom stereocenters. The fourth-order valence-corrected chi connectivity index (χ4v) is 4.08. The van der Waals surface area contributed by atoms with E-state index in [1.54, 1.807) is 6.20 Å². The van der Waals surface area contributed by atoms with E-state index in [1.807, 2.05) is 60.4 Å². The van der Waals surface area contributed by atoms with E-state index < -0.39 is 0 Å². The van der Waals surface area contributed by atoms with Gasteiger partial charge >= 0.3 is 0 Å². The number of aliphatic hydroxyl groups is 1. The van der Waals surface area contributed by atoms with E-state index in [-0.39, 0.29) is 18.7 Å². The maximum atomic E-state index is 9.53. The standard InChI is InChI=1S/C21H20ClN3O2S/c1-13-5-6-14(22)12-15(13)17-7-8-18(27-17)20-19(16-4-2-3-9-23-16)24-21(28)25(20)10-11-26/h2-9,12,19-20,26H,10-11H2,1H3,(H,24,28)/t19-,20+/m0/s1. The van der Waals surface area contributed by atoms with Crippen LogP contribution < -0.4 is 5.32 Å². The fourth-order valence-electron chi connectivity index (χ4n) is 3.58. The van der Waals surface area contributed by atoms with Gasteiger partial charge in [0.1, 0.15) is 17.6 Å². The van der Waals surface area contributed by atoms with Crippen molar-refractivity contribution in [2.75, 3.05) is 13.2 Å². The lowest BCUT2D eigenvalue weighted by atomic mass is 10.0. The number of furan rings is 1. The summed E-state index contributed by atoms with van der Waals surface area (Å²) in [6.45, 7) is 2.43. The first-order chi connectivity index (χ1) is 13.6. The summed E-state index contributed by atoms with van der Waals surface area (Å²) in [6, 6.07) is 15.1. The number of aryl methyl sites for hydroxylation is 1. The van der Waals surface area contributed by atoms with Crippen LogP contribution >= 0.6 is 23.8 Å². The molecular weight excluding hydrogens is 394 g/mol. The molecule has 1 aromatic carbocycles. The van der Waals surface area contributed by atoms with Gasteiger partial charge in [0, 0.05) is 23.3 Å². The van der Waals surface area contributed by atoms with Crippen molar-refractivity contribution in [1.29, 1.82) is 0 Å². The van der Waals surface area contributed by atoms with Crippen molar-refractivity contribution in [3.8, 4) is 11.3 Å². The van der Waals surface area contributed by atoms with Crippen molar-refractivity contribution in [3.63, 3.8) is 0 Å². The SMILES string of the molecule is Cc1ccc(Cl)cc1-c1ccc([C@@H]2[C@H](c3ccccn3)NC(=S)N2CCO)o1. The van der Waals surface area contributed by atoms with Gasteiger partial charge in [-0.1, -0.05) is 23.7 Å². The largest absolute Gasteiger partial charge is 0.459 e. The Kier molecular flexibility index (Phi) is 5.35. The fraction of sp³-hybridized carbons (Fsp3) is 0.238. The predicted molar refractivity (Wildman–Crippen MR) is 113 cm³/mol. The van der Waals surface area contributed by atoms with Crippen molar-refractivity contribution in [3.05, 3.63) is 76.8 Å². The maximum Gasteiger partial charge on any atom is 0.170 e. The summed E-state index contributed by atoms with van der Waals surface area (Å²) in [5.74, 6) is 1.50. The molecule has 4 rings (SSSR count). The number of hydrogen-bond donors (Lipinski definition) is 2. The molecule has 2 N–H and O–H groups in total. The van der Waals surface area contributed by atoms with Gasteiger partial charge < -0.3 is 19.7 Å². The third-order valence-corrected chi connectivity index (χ3v) is 5.51. The third kappa shape index (κ3) is 3.51. The number of β-amino-alcohol motifs (C(OH)–C–C–N with tert-alkyl or cyclic N) is 1. The van der Waals surface area contributed by atoms with E-state index in [2.05, 4.69) is 10.3 Å². The Bertz CT molecular complexity index is 992. The number of pyridine rings is 1. The van der Waals surface area contributed by atoms with Crippen LogP contribution in [-0.2, 0) is 0 Å². The van der Waals surface area contributed by atoms with Crippen LogP contribution in [0.15, 0.2) is 59.1 Å². The molecule has 2 aromatic heterocycles. The summed E-state index contributed by atoms with van der Waals surface area (Å²) in [5.41, 5.74) is 2.90. The molecule has 7 heteroatoms. The quantitative estimate of drug-likeness (QED) is 0.609. The van der Waals surface area contributed by atoms with Crippen molar-refractivity contribution in [1.82, 2.24) is 15.2 Å². The lowest BCUT2D eigenvalue weighted by Crippen LogP contribution is -2.32. The van der Waals surface area contributed by atoms with Gasteiger partial charge in [-0.25, -0.2) is 0 Å². The molecule has 1 aliphatic rings. The minimum Gasteiger partial charge on any atom is -0.459 e. The van der Waals surface area contributed by atoms with Crippen LogP contribution in [0.5, 0.6) is 0 Å². The van der Waals surface area contributed by atoms with E-state index >= 15 is 0 Å². The molecule has 144 valence electrons. The van der Waals surface area contributed by atoms with Gasteiger partial charge in [0.2, 0.25) is 0 Å². The smallest absolute Gasteiger partial charge is 0.170 e. The van der Waals surface area contributed by atoms with Crippen LogP contribution in [0.2, 0.25) is 5.02 Å². The molecule has 3 heterocycles. The molecule has 0 saturated carbocycles. The molecule has 0 aliphatic carbocycles. The highest BCUT2D eigenvalue weighted by Crippen LogP contribution is 2.40. The van der Waals surface area contributed by atoms with Gasteiger partial charge in [-0.2, -0.15) is 0 Å². The second kappa shape index (κ2) is 7.91. The van der Waals surface area contributed by atoms with Gasteiger partial charge in [0.05, 0.1) is 18.3 Å². The summed E-state index contributed by atoms with van der Waals surface area (Å²) >= 11 is 11.7. The number of halogens is 1. The molecular formula is C21H20ClN3O2S. The molecule has 5 nitrogen and oxygen atoms in total. The predicted octanol–water partition coefficient (Wildman–Crippen LogP) is 4.27. The minimum atomic E-state index is -0.206. The highest BCUT2D eigenvalue weighted by molar-refractivity contribution is 7.80. The number of nitrogens with zero attached hydrogens (tertiary/aromatic N) is 2. The van der Waals surface area contributed by atoms with Crippen LogP contribution in [0.25, 0.3) is 11.3 Å². The molecule has 0 radical (unpaired) electrons. The Balaban J connectivity index is 1.75. The van der Waals surface area contributed by atoms with Gasteiger partial charge in [-0.3, -0.25) is 4.98 Å². The van der Waals surface area contributed by atoms with Crippen molar-refractivity contribution >= 4 is 28.9 Å². The van der Waals surface area contributed by atoms with Crippen LogP contribution in [0.4, 0.5) is 0 Å². The van der Waals surface area contributed by atoms with Crippen LogP contribution in [-0.4, -0.2) is 33.3 Å². The molecule has 0 amide bonds. The van der Waals surface area contributed by atoms with E-state index in [0.717, 1.165) is 28.3 Å². The van der Waals surface area contributed by atoms with Crippen molar-refractivity contribution in [2.45, 2.75) is 19.0 Å². The van der Waals surface area contributed by atoms with Gasteiger partial charge in [0.25, 0.3) is 0 Å². The highest BCUT2D eigenvalue weighted by Gasteiger charge is 2.41. The minimum absolute atomic E-state index is 0.00573. The lowest BCUT2D eigenvalue weighted by Gasteiger charge is -2.25. The highest BCUT2D eigenvalue weighted by atomic mass is 35.5. The van der Waals surface area contributed by atoms with Crippen molar-refractivity contribution < 1.29 is 9.52 Å². The average Bonchev–Trinajstić information content (AvgIpc) is 3.30. The van der Waals surface area contributed by atoms with Gasteiger partial charge in [-0.05, 0) is 61.1 Å². The number of rotatable bonds is 5. The maximum absolute atomic E-state index is 9.53. The number of benzene rings is 1. The first-order valence-electron chi connectivity index (χ1n) is 9.03. The van der Waals surface area contributed by atoms with E-state index in [0.29, 0.717) is 16.7 Å². The molecule has 1 saturated heterocycles. The number of aliphatic hydroxyl groups excluding tert-OH is 1. The van der Waals surface area contributed by atoms with E-state index in [9.17, 15) is 5.11 Å². The Hall–Kier alpha value is -2.41. The zero-order valence-corrected chi connectivity index (χ0v) is 16.9. The first kappa shape index (κ1) is 18.9. The normalized spacial score (nSPS) is 19.1. The zero-order valence-electron chi connectivity index (χ0n) is 15.3. The van der Waals surface area contributed by atoms with Crippen LogP contribution in [0, 0.1) is 6.92 Å². The molecule has 1 fully saturated rings.